The van der Waals surface area contributed by atoms with Gasteiger partial charge in [-0.25, -0.2) is 4.79 Å². The summed E-state index contributed by atoms with van der Waals surface area (Å²) in [6, 6.07) is 0. The second kappa shape index (κ2) is 6.11. The quantitative estimate of drug-likeness (QED) is 0.791. The maximum atomic E-state index is 13.3. The summed E-state index contributed by atoms with van der Waals surface area (Å²) in [7, 11) is 0. The maximum Gasteiger partial charge on any atom is 0.341 e. The fourth-order valence-electron chi connectivity index (χ4n) is 5.79. The molecule has 4 nitrogen and oxygen atoms in total. The van der Waals surface area contributed by atoms with E-state index in [2.05, 4.69) is 5.32 Å². The average Bonchev–Trinajstić information content (AvgIpc) is 2.80. The molecule has 1 aromatic heterocycles. The molecule has 25 heavy (non-hydrogen) atoms. The van der Waals surface area contributed by atoms with Gasteiger partial charge in [-0.2, -0.15) is 0 Å². The van der Waals surface area contributed by atoms with Gasteiger partial charge in [0.1, 0.15) is 5.00 Å². The van der Waals surface area contributed by atoms with E-state index < -0.39 is 0 Å². The molecule has 4 aliphatic carbocycles. The summed E-state index contributed by atoms with van der Waals surface area (Å²) < 4.78 is 5.21. The van der Waals surface area contributed by atoms with Crippen molar-refractivity contribution in [2.24, 2.45) is 23.2 Å². The molecule has 0 spiro atoms. The Morgan fingerprint density at radius 2 is 1.68 bits per heavy atom. The number of thiophene rings is 1. The SMILES string of the molecule is CCOC(=O)c1c(NC(=O)C23CC4CC(CC(C4)C2)C3)sc(C)c1C. The monoisotopic (exact) mass is 361 g/mol. The van der Waals surface area contributed by atoms with Crippen molar-refractivity contribution in [3.63, 3.8) is 0 Å². The van der Waals surface area contributed by atoms with Gasteiger partial charge < -0.3 is 10.1 Å². The Hall–Kier alpha value is -1.36. The molecule has 1 N–H and O–H groups in total. The van der Waals surface area contributed by atoms with E-state index in [4.69, 9.17) is 4.74 Å². The molecule has 4 bridgehead atoms. The molecule has 5 rings (SSSR count). The standard InChI is InChI=1S/C20H27NO3S/c1-4-24-18(22)16-11(2)12(3)25-17(16)21-19(23)20-8-13-5-14(9-20)7-15(6-13)10-20/h13-15H,4-10H2,1-3H3,(H,21,23). The fraction of sp³-hybridized carbons (Fsp3) is 0.700. The number of hydrogen-bond donors (Lipinski definition) is 1. The second-order valence-corrected chi connectivity index (χ2v) is 9.58. The summed E-state index contributed by atoms with van der Waals surface area (Å²) in [6.45, 7) is 6.07. The van der Waals surface area contributed by atoms with Crippen LogP contribution in [-0.4, -0.2) is 18.5 Å². The van der Waals surface area contributed by atoms with Crippen molar-refractivity contribution >= 4 is 28.2 Å². The lowest BCUT2D eigenvalue weighted by Crippen LogP contribution is -2.51. The van der Waals surface area contributed by atoms with Gasteiger partial charge in [0, 0.05) is 4.88 Å². The van der Waals surface area contributed by atoms with E-state index in [0.29, 0.717) is 17.2 Å². The molecule has 0 radical (unpaired) electrons. The minimum atomic E-state index is -0.329. The molecule has 136 valence electrons. The lowest BCUT2D eigenvalue weighted by atomic mass is 9.49. The van der Waals surface area contributed by atoms with Crippen molar-refractivity contribution in [3.8, 4) is 0 Å². The van der Waals surface area contributed by atoms with Gasteiger partial charge in [-0.15, -0.1) is 11.3 Å². The normalized spacial score (nSPS) is 32.7. The van der Waals surface area contributed by atoms with E-state index in [9.17, 15) is 9.59 Å². The van der Waals surface area contributed by atoms with Gasteiger partial charge in [0.05, 0.1) is 17.6 Å². The minimum Gasteiger partial charge on any atom is -0.462 e. The Bertz CT molecular complexity index is 685. The summed E-state index contributed by atoms with van der Waals surface area (Å²) in [4.78, 5) is 26.7. The Labute approximate surface area is 153 Å². The van der Waals surface area contributed by atoms with Crippen LogP contribution in [0.2, 0.25) is 0 Å². The number of aryl methyl sites for hydroxylation is 1. The van der Waals surface area contributed by atoms with Crippen LogP contribution < -0.4 is 5.32 Å². The largest absolute Gasteiger partial charge is 0.462 e. The summed E-state index contributed by atoms with van der Waals surface area (Å²) >= 11 is 1.49. The number of esters is 1. The number of rotatable bonds is 4. The smallest absolute Gasteiger partial charge is 0.341 e. The molecule has 0 saturated heterocycles. The first-order valence-corrected chi connectivity index (χ1v) is 10.3. The molecule has 4 aliphatic rings. The van der Waals surface area contributed by atoms with Crippen LogP contribution in [-0.2, 0) is 9.53 Å². The van der Waals surface area contributed by atoms with Crippen LogP contribution in [0, 0.1) is 37.0 Å². The fourth-order valence-corrected chi connectivity index (χ4v) is 6.83. The molecule has 1 heterocycles. The topological polar surface area (TPSA) is 55.4 Å². The molecular formula is C20H27NO3S. The van der Waals surface area contributed by atoms with Crippen molar-refractivity contribution in [1.29, 1.82) is 0 Å². The second-order valence-electron chi connectivity index (χ2n) is 8.36. The summed E-state index contributed by atoms with van der Waals surface area (Å²) in [5, 5.41) is 3.82. The van der Waals surface area contributed by atoms with Crippen molar-refractivity contribution in [3.05, 3.63) is 16.0 Å². The van der Waals surface area contributed by atoms with E-state index in [1.807, 2.05) is 13.8 Å². The van der Waals surface area contributed by atoms with Gasteiger partial charge in [-0.3, -0.25) is 4.79 Å². The summed E-state index contributed by atoms with van der Waals surface area (Å²) in [6.07, 6.45) is 7.04. The van der Waals surface area contributed by atoms with Gasteiger partial charge >= 0.3 is 5.97 Å². The van der Waals surface area contributed by atoms with Crippen LogP contribution in [0.1, 0.15) is 66.2 Å². The highest BCUT2D eigenvalue weighted by Gasteiger charge is 2.54. The summed E-state index contributed by atoms with van der Waals surface area (Å²) in [5.41, 5.74) is 1.26. The molecule has 1 aromatic rings. The highest BCUT2D eigenvalue weighted by Crippen LogP contribution is 2.60. The van der Waals surface area contributed by atoms with E-state index in [-0.39, 0.29) is 17.3 Å². The molecule has 0 aromatic carbocycles. The number of carbonyl (C=O) groups excluding carboxylic acids is 2. The molecule has 0 atom stereocenters. The molecule has 5 heteroatoms. The lowest BCUT2D eigenvalue weighted by Gasteiger charge is -2.55. The van der Waals surface area contributed by atoms with Gasteiger partial charge in [0.25, 0.3) is 0 Å². The van der Waals surface area contributed by atoms with Crippen molar-refractivity contribution in [1.82, 2.24) is 0 Å². The third-order valence-corrected chi connectivity index (χ3v) is 7.73. The van der Waals surface area contributed by atoms with Crippen LogP contribution in [0.5, 0.6) is 0 Å². The van der Waals surface area contributed by atoms with Crippen LogP contribution in [0.3, 0.4) is 0 Å². The highest BCUT2D eigenvalue weighted by molar-refractivity contribution is 7.16. The van der Waals surface area contributed by atoms with Gasteiger partial charge in [-0.1, -0.05) is 0 Å². The lowest BCUT2D eigenvalue weighted by molar-refractivity contribution is -0.140. The third kappa shape index (κ3) is 2.80. The Morgan fingerprint density at radius 1 is 1.12 bits per heavy atom. The molecular weight excluding hydrogens is 334 g/mol. The zero-order valence-electron chi connectivity index (χ0n) is 15.3. The number of anilines is 1. The zero-order chi connectivity index (χ0) is 17.8. The number of ether oxygens (including phenoxy) is 1. The van der Waals surface area contributed by atoms with Gasteiger partial charge in [-0.05, 0) is 82.6 Å². The number of hydrogen-bond acceptors (Lipinski definition) is 4. The van der Waals surface area contributed by atoms with Gasteiger partial charge in [0.2, 0.25) is 5.91 Å². The zero-order valence-corrected chi connectivity index (χ0v) is 16.1. The first-order valence-electron chi connectivity index (χ1n) is 9.50. The maximum absolute atomic E-state index is 13.3. The predicted molar refractivity (Wildman–Crippen MR) is 99.0 cm³/mol. The van der Waals surface area contributed by atoms with E-state index in [1.165, 1.54) is 30.6 Å². The Balaban J connectivity index is 1.59. The van der Waals surface area contributed by atoms with Crippen LogP contribution >= 0.6 is 11.3 Å². The predicted octanol–water partition coefficient (Wildman–Crippen LogP) is 4.70. The van der Waals surface area contributed by atoms with Crippen LogP contribution in [0.4, 0.5) is 5.00 Å². The van der Waals surface area contributed by atoms with Crippen molar-refractivity contribution in [2.75, 3.05) is 11.9 Å². The molecule has 1 amide bonds. The average molecular weight is 362 g/mol. The van der Waals surface area contributed by atoms with E-state index >= 15 is 0 Å². The Kier molecular flexibility index (Phi) is 4.18. The minimum absolute atomic E-state index is 0.137. The van der Waals surface area contributed by atoms with Crippen molar-refractivity contribution < 1.29 is 14.3 Å². The number of carbonyl (C=O) groups is 2. The van der Waals surface area contributed by atoms with Gasteiger partial charge in [0.15, 0.2) is 0 Å². The van der Waals surface area contributed by atoms with Crippen LogP contribution in [0.25, 0.3) is 0 Å². The first kappa shape index (κ1) is 17.1. The number of amides is 1. The van der Waals surface area contributed by atoms with E-state index in [1.54, 1.807) is 6.92 Å². The van der Waals surface area contributed by atoms with E-state index in [0.717, 1.165) is 47.5 Å². The first-order chi connectivity index (χ1) is 11.9. The van der Waals surface area contributed by atoms with Crippen LogP contribution in [0.15, 0.2) is 0 Å². The highest BCUT2D eigenvalue weighted by atomic mass is 32.1. The molecule has 4 saturated carbocycles. The molecule has 0 aliphatic heterocycles. The third-order valence-electron chi connectivity index (χ3n) is 6.61. The Morgan fingerprint density at radius 3 is 2.20 bits per heavy atom. The molecule has 0 unspecified atom stereocenters. The van der Waals surface area contributed by atoms with Crippen molar-refractivity contribution in [2.45, 2.75) is 59.3 Å². The molecule has 4 fully saturated rings. The summed E-state index contributed by atoms with van der Waals surface area (Å²) in [5.74, 6) is 2.00. The number of nitrogens with one attached hydrogen (secondary N) is 1.